The molecule has 1 saturated carbocycles. The smallest absolute Gasteiger partial charge is 0.353 e. The monoisotopic (exact) mass is 399 g/mol. The lowest BCUT2D eigenvalue weighted by molar-refractivity contribution is -0.385. The average molecular weight is 399 g/mol. The van der Waals surface area contributed by atoms with Crippen molar-refractivity contribution in [1.29, 1.82) is 0 Å². The second-order valence-corrected chi connectivity index (χ2v) is 7.88. The summed E-state index contributed by atoms with van der Waals surface area (Å²) in [5.74, 6) is 0.365. The lowest BCUT2D eigenvalue weighted by atomic mass is 9.88. The van der Waals surface area contributed by atoms with Gasteiger partial charge in [0, 0.05) is 31.2 Å². The fourth-order valence-electron chi connectivity index (χ4n) is 4.37. The lowest BCUT2D eigenvalue weighted by Crippen LogP contribution is -2.47. The van der Waals surface area contributed by atoms with E-state index in [0.29, 0.717) is 31.6 Å². The predicted molar refractivity (Wildman–Crippen MR) is 108 cm³/mol. The van der Waals surface area contributed by atoms with Gasteiger partial charge in [-0.05, 0) is 37.8 Å². The van der Waals surface area contributed by atoms with Crippen LogP contribution in [-0.4, -0.2) is 39.3 Å². The Morgan fingerprint density at radius 2 is 1.86 bits per heavy atom. The second kappa shape index (κ2) is 8.18. The molecule has 2 aromatic rings. The maximum Gasteiger partial charge on any atom is 0.376 e. The molecule has 4 rings (SSSR count). The van der Waals surface area contributed by atoms with Crippen molar-refractivity contribution in [3.05, 3.63) is 44.9 Å². The van der Waals surface area contributed by atoms with Gasteiger partial charge in [-0.2, -0.15) is 0 Å². The van der Waals surface area contributed by atoms with E-state index in [1.165, 1.54) is 17.0 Å². The normalized spacial score (nSPS) is 18.7. The first-order valence-electron chi connectivity index (χ1n) is 10.3. The molecule has 2 aliphatic rings. The molecule has 2 aromatic heterocycles. The molecule has 9 nitrogen and oxygen atoms in total. The minimum absolute atomic E-state index is 0.0567. The summed E-state index contributed by atoms with van der Waals surface area (Å²) in [6, 6.07) is 5.09. The number of piperidine rings is 1. The molecule has 1 aliphatic heterocycles. The summed E-state index contributed by atoms with van der Waals surface area (Å²) in [6.07, 6.45) is 8.18. The van der Waals surface area contributed by atoms with Gasteiger partial charge in [0.2, 0.25) is 11.7 Å². The summed E-state index contributed by atoms with van der Waals surface area (Å²) in [5, 5.41) is 14.7. The molecule has 154 valence electrons. The number of pyridine rings is 1. The van der Waals surface area contributed by atoms with Crippen molar-refractivity contribution >= 4 is 23.1 Å². The van der Waals surface area contributed by atoms with Crippen LogP contribution in [0.25, 0.3) is 5.65 Å². The molecule has 1 amide bonds. The first kappa shape index (κ1) is 19.4. The van der Waals surface area contributed by atoms with Gasteiger partial charge in [-0.1, -0.05) is 25.3 Å². The molecule has 0 bridgehead atoms. The molecule has 1 aliphatic carbocycles. The van der Waals surface area contributed by atoms with Crippen LogP contribution in [0.15, 0.2) is 29.2 Å². The number of fused-ring (bicyclic) bond motifs is 1. The molecule has 0 unspecified atom stereocenters. The number of hydrogen-bond donors (Lipinski definition) is 1. The number of amides is 1. The van der Waals surface area contributed by atoms with E-state index < -0.39 is 16.2 Å². The van der Waals surface area contributed by atoms with E-state index in [4.69, 9.17) is 0 Å². The van der Waals surface area contributed by atoms with Crippen molar-refractivity contribution in [3.8, 4) is 0 Å². The Kier molecular flexibility index (Phi) is 5.46. The van der Waals surface area contributed by atoms with Crippen LogP contribution in [0.5, 0.6) is 0 Å². The van der Waals surface area contributed by atoms with Gasteiger partial charge >= 0.3 is 11.2 Å². The summed E-state index contributed by atoms with van der Waals surface area (Å²) < 4.78 is 1.19. The highest BCUT2D eigenvalue weighted by atomic mass is 16.6. The number of nitrogens with one attached hydrogen (secondary N) is 1. The third-order valence-corrected chi connectivity index (χ3v) is 5.99. The number of nitro groups is 1. The zero-order valence-electron chi connectivity index (χ0n) is 16.2. The number of hydrogen-bond acceptors (Lipinski definition) is 6. The lowest BCUT2D eigenvalue weighted by Gasteiger charge is -2.33. The summed E-state index contributed by atoms with van der Waals surface area (Å²) in [5.41, 5.74) is -0.799. The summed E-state index contributed by atoms with van der Waals surface area (Å²) in [4.78, 5) is 42.2. The number of carbonyl (C=O) groups is 1. The van der Waals surface area contributed by atoms with Gasteiger partial charge in [-0.3, -0.25) is 24.1 Å². The molecule has 3 heterocycles. The van der Waals surface area contributed by atoms with E-state index in [-0.39, 0.29) is 23.7 Å². The van der Waals surface area contributed by atoms with Gasteiger partial charge in [0.25, 0.3) is 0 Å². The van der Waals surface area contributed by atoms with Crippen LogP contribution in [0, 0.1) is 16.0 Å². The van der Waals surface area contributed by atoms with Gasteiger partial charge in [-0.25, -0.2) is 4.98 Å². The van der Waals surface area contributed by atoms with Crippen LogP contribution < -0.4 is 15.8 Å². The first-order valence-corrected chi connectivity index (χ1v) is 10.3. The molecule has 2 fully saturated rings. The van der Waals surface area contributed by atoms with Crippen LogP contribution >= 0.6 is 0 Å². The maximum absolute atomic E-state index is 12.6. The van der Waals surface area contributed by atoms with Crippen LogP contribution in [0.2, 0.25) is 0 Å². The zero-order valence-corrected chi connectivity index (χ0v) is 16.2. The Balaban J connectivity index is 1.49. The number of anilines is 1. The zero-order chi connectivity index (χ0) is 20.4. The van der Waals surface area contributed by atoms with E-state index in [0.717, 1.165) is 25.7 Å². The Labute approximate surface area is 167 Å². The Bertz CT molecular complexity index is 974. The molecule has 1 saturated heterocycles. The minimum Gasteiger partial charge on any atom is -0.353 e. The number of aromatic nitrogens is 2. The van der Waals surface area contributed by atoms with Crippen LogP contribution in [0.4, 0.5) is 11.5 Å². The first-order chi connectivity index (χ1) is 14.0. The van der Waals surface area contributed by atoms with Gasteiger partial charge in [0.1, 0.15) is 5.65 Å². The summed E-state index contributed by atoms with van der Waals surface area (Å²) in [6.45, 7) is 1.01. The third kappa shape index (κ3) is 3.94. The predicted octanol–water partition coefficient (Wildman–Crippen LogP) is 2.27. The Morgan fingerprint density at radius 1 is 1.14 bits per heavy atom. The van der Waals surface area contributed by atoms with Gasteiger partial charge in [-0.15, -0.1) is 0 Å². The third-order valence-electron chi connectivity index (χ3n) is 5.99. The summed E-state index contributed by atoms with van der Waals surface area (Å²) >= 11 is 0. The quantitative estimate of drug-likeness (QED) is 0.624. The molecule has 0 atom stereocenters. The highest BCUT2D eigenvalue weighted by molar-refractivity contribution is 5.79. The van der Waals surface area contributed by atoms with Crippen LogP contribution in [0.3, 0.4) is 0 Å². The maximum atomic E-state index is 12.6. The van der Waals surface area contributed by atoms with E-state index >= 15 is 0 Å². The van der Waals surface area contributed by atoms with E-state index in [2.05, 4.69) is 10.3 Å². The number of carbonyl (C=O) groups excluding carboxylic acids is 1. The van der Waals surface area contributed by atoms with Gasteiger partial charge < -0.3 is 10.2 Å². The Morgan fingerprint density at radius 3 is 2.55 bits per heavy atom. The SMILES string of the molecule is O=C(NC1CCN(c2nc3ccccn3c(=O)c2[N+](=O)[O-])CC1)C1CCCCC1. The van der Waals surface area contributed by atoms with Crippen molar-refractivity contribution in [2.75, 3.05) is 18.0 Å². The van der Waals surface area contributed by atoms with Crippen LogP contribution in [0.1, 0.15) is 44.9 Å². The number of nitrogens with zero attached hydrogens (tertiary/aromatic N) is 4. The molecule has 1 N–H and O–H groups in total. The molecule has 0 radical (unpaired) electrons. The van der Waals surface area contributed by atoms with E-state index in [9.17, 15) is 19.7 Å². The average Bonchev–Trinajstić information content (AvgIpc) is 2.74. The van der Waals surface area contributed by atoms with Crippen molar-refractivity contribution in [2.45, 2.75) is 51.0 Å². The largest absolute Gasteiger partial charge is 0.376 e. The molecule has 29 heavy (non-hydrogen) atoms. The standard InChI is InChI=1S/C20H25N5O4/c26-19(14-6-2-1-3-7-14)21-15-9-12-23(13-10-15)18-17(25(28)29)20(27)24-11-5-4-8-16(24)22-18/h4-5,8,11,14-15H,1-3,6-7,9-10,12-13H2,(H,21,26). The van der Waals surface area contributed by atoms with Crippen molar-refractivity contribution in [3.63, 3.8) is 0 Å². The van der Waals surface area contributed by atoms with Crippen molar-refractivity contribution < 1.29 is 9.72 Å². The Hall–Kier alpha value is -2.97. The van der Waals surface area contributed by atoms with Crippen molar-refractivity contribution in [1.82, 2.24) is 14.7 Å². The van der Waals surface area contributed by atoms with Gasteiger partial charge in [0.15, 0.2) is 0 Å². The minimum atomic E-state index is -0.677. The topological polar surface area (TPSA) is 110 Å². The highest BCUT2D eigenvalue weighted by Gasteiger charge is 2.31. The molecular formula is C20H25N5O4. The van der Waals surface area contributed by atoms with Crippen LogP contribution in [-0.2, 0) is 4.79 Å². The fourth-order valence-corrected chi connectivity index (χ4v) is 4.37. The molecule has 0 spiro atoms. The second-order valence-electron chi connectivity index (χ2n) is 7.88. The van der Waals surface area contributed by atoms with Crippen molar-refractivity contribution in [2.24, 2.45) is 5.92 Å². The fraction of sp³-hybridized carbons (Fsp3) is 0.550. The van der Waals surface area contributed by atoms with E-state index in [1.807, 2.05) is 0 Å². The van der Waals surface area contributed by atoms with E-state index in [1.54, 1.807) is 23.1 Å². The molecule has 9 heteroatoms. The van der Waals surface area contributed by atoms with Gasteiger partial charge in [0.05, 0.1) is 4.92 Å². The summed E-state index contributed by atoms with van der Waals surface area (Å²) in [7, 11) is 0. The molecule has 0 aromatic carbocycles. The molecular weight excluding hydrogens is 374 g/mol. The highest BCUT2D eigenvalue weighted by Crippen LogP contribution is 2.27. The number of rotatable bonds is 4.